The zero-order chi connectivity index (χ0) is 10.1. The summed E-state index contributed by atoms with van der Waals surface area (Å²) in [5, 5.41) is 0. The average molecular weight is 195 g/mol. The first-order chi connectivity index (χ1) is 6.68. The predicted molar refractivity (Wildman–Crippen MR) is 61.3 cm³/mol. The second kappa shape index (κ2) is 4.22. The van der Waals surface area contributed by atoms with E-state index in [2.05, 4.69) is 25.7 Å². The van der Waals surface area contributed by atoms with E-state index < -0.39 is 0 Å². The Kier molecular flexibility index (Phi) is 3.16. The molecule has 3 atom stereocenters. The molecule has 2 rings (SSSR count). The molecule has 0 spiro atoms. The fourth-order valence-corrected chi connectivity index (χ4v) is 3.51. The summed E-state index contributed by atoms with van der Waals surface area (Å²) >= 11 is 0. The summed E-state index contributed by atoms with van der Waals surface area (Å²) in [4.78, 5) is 2.69. The van der Waals surface area contributed by atoms with E-state index in [1.54, 1.807) is 0 Å². The molecule has 2 fully saturated rings. The number of likely N-dealkylation sites (tertiary alicyclic amines) is 1. The minimum absolute atomic E-state index is 0.750. The third-order valence-corrected chi connectivity index (χ3v) is 4.42. The lowest BCUT2D eigenvalue weighted by molar-refractivity contribution is 0.0249. The number of rotatable bonds is 1. The van der Waals surface area contributed by atoms with Crippen molar-refractivity contribution in [1.29, 1.82) is 0 Å². The fraction of sp³-hybridized carbons (Fsp3) is 1.00. The lowest BCUT2D eigenvalue weighted by Gasteiger charge is -2.46. The molecule has 82 valence electrons. The van der Waals surface area contributed by atoms with Gasteiger partial charge >= 0.3 is 0 Å². The number of piperidine rings is 1. The largest absolute Gasteiger partial charge is 0.300 e. The zero-order valence-electron chi connectivity index (χ0n) is 10.00. The molecular formula is C13H25N. The molecule has 1 heteroatoms. The quantitative estimate of drug-likeness (QED) is 0.621. The van der Waals surface area contributed by atoms with E-state index in [4.69, 9.17) is 0 Å². The Balaban J connectivity index is 2.00. The maximum absolute atomic E-state index is 2.69. The van der Waals surface area contributed by atoms with Crippen molar-refractivity contribution in [3.63, 3.8) is 0 Å². The van der Waals surface area contributed by atoms with Gasteiger partial charge in [0.15, 0.2) is 0 Å². The molecule has 1 saturated heterocycles. The minimum atomic E-state index is 0.750. The normalized spacial score (nSPS) is 39.9. The highest BCUT2D eigenvalue weighted by Gasteiger charge is 2.36. The van der Waals surface area contributed by atoms with Crippen LogP contribution in [0.25, 0.3) is 0 Å². The summed E-state index contributed by atoms with van der Waals surface area (Å²) in [6, 6.07) is 0.750. The SMILES string of the molecule is CC1CN(C(C)C)CC2CCCCC12. The lowest BCUT2D eigenvalue weighted by Crippen LogP contribution is -2.49. The van der Waals surface area contributed by atoms with Gasteiger partial charge in [0.25, 0.3) is 0 Å². The average Bonchev–Trinajstić information content (AvgIpc) is 2.17. The lowest BCUT2D eigenvalue weighted by atomic mass is 9.70. The second-order valence-electron chi connectivity index (χ2n) is 5.73. The topological polar surface area (TPSA) is 3.24 Å². The monoisotopic (exact) mass is 195 g/mol. The molecule has 3 unspecified atom stereocenters. The van der Waals surface area contributed by atoms with Crippen LogP contribution in [0.15, 0.2) is 0 Å². The van der Waals surface area contributed by atoms with Crippen LogP contribution in [0.2, 0.25) is 0 Å². The van der Waals surface area contributed by atoms with Gasteiger partial charge in [0.05, 0.1) is 0 Å². The van der Waals surface area contributed by atoms with Crippen LogP contribution in [0.1, 0.15) is 46.5 Å². The molecule has 2 aliphatic rings. The molecule has 0 N–H and O–H groups in total. The maximum atomic E-state index is 2.69. The molecule has 0 bridgehead atoms. The van der Waals surface area contributed by atoms with Crippen LogP contribution < -0.4 is 0 Å². The van der Waals surface area contributed by atoms with Gasteiger partial charge in [-0.2, -0.15) is 0 Å². The summed E-state index contributed by atoms with van der Waals surface area (Å²) in [5.74, 6) is 3.02. The van der Waals surface area contributed by atoms with E-state index in [0.29, 0.717) is 0 Å². The van der Waals surface area contributed by atoms with Gasteiger partial charge in [0, 0.05) is 19.1 Å². The second-order valence-corrected chi connectivity index (χ2v) is 5.73. The van der Waals surface area contributed by atoms with Crippen molar-refractivity contribution in [2.75, 3.05) is 13.1 Å². The van der Waals surface area contributed by atoms with E-state index in [-0.39, 0.29) is 0 Å². The van der Waals surface area contributed by atoms with Crippen LogP contribution in [-0.2, 0) is 0 Å². The summed E-state index contributed by atoms with van der Waals surface area (Å²) < 4.78 is 0. The summed E-state index contributed by atoms with van der Waals surface area (Å²) in [5.41, 5.74) is 0. The van der Waals surface area contributed by atoms with Crippen molar-refractivity contribution >= 4 is 0 Å². The molecule has 0 aromatic heterocycles. The molecule has 1 saturated carbocycles. The van der Waals surface area contributed by atoms with Gasteiger partial charge in [-0.1, -0.05) is 19.8 Å². The highest BCUT2D eigenvalue weighted by molar-refractivity contribution is 4.88. The summed E-state index contributed by atoms with van der Waals surface area (Å²) in [6.45, 7) is 9.88. The molecule has 0 radical (unpaired) electrons. The number of hydrogen-bond acceptors (Lipinski definition) is 1. The summed E-state index contributed by atoms with van der Waals surface area (Å²) in [6.07, 6.45) is 5.99. The molecule has 1 nitrogen and oxygen atoms in total. The summed E-state index contributed by atoms with van der Waals surface area (Å²) in [7, 11) is 0. The van der Waals surface area contributed by atoms with Crippen LogP contribution in [-0.4, -0.2) is 24.0 Å². The van der Waals surface area contributed by atoms with Crippen molar-refractivity contribution in [1.82, 2.24) is 4.90 Å². The van der Waals surface area contributed by atoms with Crippen molar-refractivity contribution in [3.05, 3.63) is 0 Å². The van der Waals surface area contributed by atoms with Crippen LogP contribution in [0.5, 0.6) is 0 Å². The molecule has 1 aliphatic heterocycles. The van der Waals surface area contributed by atoms with Gasteiger partial charge in [0.2, 0.25) is 0 Å². The van der Waals surface area contributed by atoms with Crippen LogP contribution in [0.4, 0.5) is 0 Å². The molecule has 0 amide bonds. The van der Waals surface area contributed by atoms with Gasteiger partial charge in [-0.05, 0) is 44.4 Å². The van der Waals surface area contributed by atoms with Gasteiger partial charge in [-0.3, -0.25) is 0 Å². The van der Waals surface area contributed by atoms with Crippen LogP contribution in [0, 0.1) is 17.8 Å². The maximum Gasteiger partial charge on any atom is 0.00388 e. The molecule has 1 heterocycles. The fourth-order valence-electron chi connectivity index (χ4n) is 3.51. The Bertz CT molecular complexity index is 188. The predicted octanol–water partition coefficient (Wildman–Crippen LogP) is 3.15. The molecule has 0 aromatic carbocycles. The Morgan fingerprint density at radius 3 is 2.50 bits per heavy atom. The Hall–Kier alpha value is -0.0400. The first kappa shape index (κ1) is 10.5. The smallest absolute Gasteiger partial charge is 0.00388 e. The van der Waals surface area contributed by atoms with Crippen LogP contribution in [0.3, 0.4) is 0 Å². The molecule has 1 aliphatic carbocycles. The van der Waals surface area contributed by atoms with Crippen LogP contribution >= 0.6 is 0 Å². The van der Waals surface area contributed by atoms with E-state index in [1.807, 2.05) is 0 Å². The van der Waals surface area contributed by atoms with Gasteiger partial charge in [-0.15, -0.1) is 0 Å². The van der Waals surface area contributed by atoms with Crippen molar-refractivity contribution in [2.45, 2.75) is 52.5 Å². The van der Waals surface area contributed by atoms with Gasteiger partial charge in [0.1, 0.15) is 0 Å². The Morgan fingerprint density at radius 2 is 1.79 bits per heavy atom. The van der Waals surface area contributed by atoms with Gasteiger partial charge in [-0.25, -0.2) is 0 Å². The minimum Gasteiger partial charge on any atom is -0.300 e. The van der Waals surface area contributed by atoms with Crippen molar-refractivity contribution in [3.8, 4) is 0 Å². The molecular weight excluding hydrogens is 170 g/mol. The number of nitrogens with zero attached hydrogens (tertiary/aromatic N) is 1. The third-order valence-electron chi connectivity index (χ3n) is 4.42. The Labute approximate surface area is 88.9 Å². The van der Waals surface area contributed by atoms with E-state index in [9.17, 15) is 0 Å². The van der Waals surface area contributed by atoms with E-state index in [0.717, 1.165) is 23.8 Å². The van der Waals surface area contributed by atoms with Crippen molar-refractivity contribution in [2.24, 2.45) is 17.8 Å². The molecule has 14 heavy (non-hydrogen) atoms. The van der Waals surface area contributed by atoms with E-state index >= 15 is 0 Å². The van der Waals surface area contributed by atoms with Crippen molar-refractivity contribution < 1.29 is 0 Å². The Morgan fingerprint density at radius 1 is 1.07 bits per heavy atom. The standard InChI is InChI=1S/C13H25N/c1-10(2)14-8-11(3)13-7-5-4-6-12(13)9-14/h10-13H,4-9H2,1-3H3. The highest BCUT2D eigenvalue weighted by Crippen LogP contribution is 2.39. The number of hydrogen-bond donors (Lipinski definition) is 0. The first-order valence-electron chi connectivity index (χ1n) is 6.42. The zero-order valence-corrected chi connectivity index (χ0v) is 10.00. The highest BCUT2D eigenvalue weighted by atomic mass is 15.2. The third kappa shape index (κ3) is 1.98. The first-order valence-corrected chi connectivity index (χ1v) is 6.42. The van der Waals surface area contributed by atoms with Gasteiger partial charge < -0.3 is 4.90 Å². The van der Waals surface area contributed by atoms with E-state index in [1.165, 1.54) is 38.8 Å². The molecule has 0 aromatic rings. The number of fused-ring (bicyclic) bond motifs is 1.